The molecule has 12 aromatic rings. The average Bonchev–Trinajstić information content (AvgIpc) is 3.85. The fourth-order valence-electron chi connectivity index (χ4n) is 9.22. The molecule has 2 aromatic heterocycles. The van der Waals surface area contributed by atoms with Crippen molar-refractivity contribution in [1.29, 1.82) is 0 Å². The summed E-state index contributed by atoms with van der Waals surface area (Å²) >= 11 is 0. The highest BCUT2D eigenvalue weighted by Gasteiger charge is 2.19. The minimum atomic E-state index is 0.906. The Kier molecular flexibility index (Phi) is 6.66. The van der Waals surface area contributed by atoms with E-state index in [-0.39, 0.29) is 0 Å². The molecule has 2 heteroatoms. The van der Waals surface area contributed by atoms with Crippen LogP contribution >= 0.6 is 0 Å². The van der Waals surface area contributed by atoms with Crippen molar-refractivity contribution in [1.82, 2.24) is 0 Å². The van der Waals surface area contributed by atoms with Crippen molar-refractivity contribution in [2.75, 3.05) is 0 Å². The Morgan fingerprint density at radius 1 is 0.268 bits per heavy atom. The Hall–Kier alpha value is -7.42. The van der Waals surface area contributed by atoms with E-state index in [9.17, 15) is 0 Å². The summed E-state index contributed by atoms with van der Waals surface area (Å²) in [6.45, 7) is 0. The molecule has 2 nitrogen and oxygen atoms in total. The van der Waals surface area contributed by atoms with Gasteiger partial charge in [-0.3, -0.25) is 0 Å². The molecule has 56 heavy (non-hydrogen) atoms. The van der Waals surface area contributed by atoms with Gasteiger partial charge in [0.1, 0.15) is 22.3 Å². The van der Waals surface area contributed by atoms with Crippen LogP contribution in [0.5, 0.6) is 0 Å². The van der Waals surface area contributed by atoms with Gasteiger partial charge < -0.3 is 8.83 Å². The van der Waals surface area contributed by atoms with Gasteiger partial charge in [-0.1, -0.05) is 164 Å². The van der Waals surface area contributed by atoms with E-state index in [2.05, 4.69) is 182 Å². The molecular weight excluding hydrogens is 681 g/mol. The second kappa shape index (κ2) is 12.0. The first-order valence-corrected chi connectivity index (χ1v) is 19.2. The van der Waals surface area contributed by atoms with E-state index in [1.807, 2.05) is 12.1 Å². The molecule has 0 atom stereocenters. The van der Waals surface area contributed by atoms with Crippen LogP contribution in [0.15, 0.2) is 203 Å². The van der Waals surface area contributed by atoms with Crippen LogP contribution < -0.4 is 0 Å². The number of benzene rings is 10. The molecule has 0 aliphatic heterocycles. The fourth-order valence-corrected chi connectivity index (χ4v) is 9.22. The molecule has 2 heterocycles. The van der Waals surface area contributed by atoms with Crippen LogP contribution in [-0.4, -0.2) is 0 Å². The molecule has 10 aromatic carbocycles. The number of para-hydroxylation sites is 1. The van der Waals surface area contributed by atoms with Crippen molar-refractivity contribution in [3.63, 3.8) is 0 Å². The molecule has 0 unspecified atom stereocenters. The summed E-state index contributed by atoms with van der Waals surface area (Å²) < 4.78 is 12.8. The average molecular weight is 713 g/mol. The molecule has 0 amide bonds. The number of hydrogen-bond donors (Lipinski definition) is 0. The summed E-state index contributed by atoms with van der Waals surface area (Å²) in [4.78, 5) is 0. The third-order valence-corrected chi connectivity index (χ3v) is 11.7. The second-order valence-electron chi connectivity index (χ2n) is 14.7. The monoisotopic (exact) mass is 712 g/mol. The minimum absolute atomic E-state index is 0.906. The Morgan fingerprint density at radius 2 is 0.768 bits per heavy atom. The number of rotatable bonds is 4. The molecule has 0 spiro atoms. The molecule has 0 saturated carbocycles. The molecule has 0 radical (unpaired) electrons. The zero-order chi connectivity index (χ0) is 36.7. The first-order valence-electron chi connectivity index (χ1n) is 19.2. The lowest BCUT2D eigenvalue weighted by Crippen LogP contribution is -1.91. The smallest absolute Gasteiger partial charge is 0.143 e. The standard InChI is InChI=1S/C54H32O2/c1-2-15-40-33(12-1)30-31-46-53-38(21-10-25-49(53)56-54(40)46)34-26-28-35(29-27-34)50-41-16-3-5-18-43(41)51(44-19-6-4-17-42(44)50)37-14-9-13-36(32-37)39-22-11-24-48-52(39)45-20-7-8-23-47(45)55-48/h1-32H. The Labute approximate surface area is 322 Å². The summed E-state index contributed by atoms with van der Waals surface area (Å²) in [5.74, 6) is 0. The quantitative estimate of drug-likeness (QED) is 0.170. The van der Waals surface area contributed by atoms with E-state index < -0.39 is 0 Å². The third-order valence-electron chi connectivity index (χ3n) is 11.7. The predicted molar refractivity (Wildman–Crippen MR) is 235 cm³/mol. The summed E-state index contributed by atoms with van der Waals surface area (Å²) in [6.07, 6.45) is 0. The van der Waals surface area contributed by atoms with E-state index in [1.54, 1.807) is 0 Å². The van der Waals surface area contributed by atoms with Gasteiger partial charge in [0.25, 0.3) is 0 Å². The van der Waals surface area contributed by atoms with Gasteiger partial charge in [0.05, 0.1) is 0 Å². The van der Waals surface area contributed by atoms with Crippen molar-refractivity contribution >= 4 is 76.2 Å². The maximum absolute atomic E-state index is 6.53. The van der Waals surface area contributed by atoms with Gasteiger partial charge in [0, 0.05) is 26.9 Å². The lowest BCUT2D eigenvalue weighted by molar-refractivity contribution is 0.669. The maximum atomic E-state index is 6.53. The minimum Gasteiger partial charge on any atom is -0.456 e. The summed E-state index contributed by atoms with van der Waals surface area (Å²) in [5.41, 5.74) is 13.2. The molecule has 0 aliphatic carbocycles. The highest BCUT2D eigenvalue weighted by Crippen LogP contribution is 2.46. The summed E-state index contributed by atoms with van der Waals surface area (Å²) in [5, 5.41) is 11.8. The van der Waals surface area contributed by atoms with E-state index in [4.69, 9.17) is 8.83 Å². The predicted octanol–water partition coefficient (Wildman–Crippen LogP) is 15.6. The van der Waals surface area contributed by atoms with Crippen molar-refractivity contribution in [2.24, 2.45) is 0 Å². The van der Waals surface area contributed by atoms with Crippen LogP contribution in [0.1, 0.15) is 0 Å². The normalized spacial score (nSPS) is 11.9. The van der Waals surface area contributed by atoms with Gasteiger partial charge in [0.2, 0.25) is 0 Å². The second-order valence-corrected chi connectivity index (χ2v) is 14.7. The fraction of sp³-hybridized carbons (Fsp3) is 0. The number of furan rings is 2. The molecule has 0 saturated heterocycles. The lowest BCUT2D eigenvalue weighted by Gasteiger charge is -2.18. The van der Waals surface area contributed by atoms with Crippen LogP contribution in [0.3, 0.4) is 0 Å². The van der Waals surface area contributed by atoms with Crippen LogP contribution in [0, 0.1) is 0 Å². The van der Waals surface area contributed by atoms with E-state index >= 15 is 0 Å². The molecule has 260 valence electrons. The molecule has 0 fully saturated rings. The van der Waals surface area contributed by atoms with Gasteiger partial charge >= 0.3 is 0 Å². The molecular formula is C54H32O2. The van der Waals surface area contributed by atoms with Gasteiger partial charge in [-0.15, -0.1) is 0 Å². The first-order chi connectivity index (χ1) is 27.8. The van der Waals surface area contributed by atoms with Gasteiger partial charge in [-0.25, -0.2) is 0 Å². The van der Waals surface area contributed by atoms with Crippen molar-refractivity contribution in [3.05, 3.63) is 194 Å². The van der Waals surface area contributed by atoms with Crippen molar-refractivity contribution in [3.8, 4) is 44.5 Å². The van der Waals surface area contributed by atoms with Gasteiger partial charge in [0.15, 0.2) is 0 Å². The van der Waals surface area contributed by atoms with E-state index in [0.29, 0.717) is 0 Å². The van der Waals surface area contributed by atoms with Crippen LogP contribution in [0.4, 0.5) is 0 Å². The SMILES string of the molecule is c1cc(-c2c3ccccc3c(-c3ccc(-c4cccc5oc6c7ccccc7ccc6c45)cc3)c3ccccc23)cc(-c2cccc3oc4ccccc4c23)c1. The summed E-state index contributed by atoms with van der Waals surface area (Å²) in [7, 11) is 0. The van der Waals surface area contributed by atoms with E-state index in [1.165, 1.54) is 65.9 Å². The van der Waals surface area contributed by atoms with Gasteiger partial charge in [-0.2, -0.15) is 0 Å². The van der Waals surface area contributed by atoms with Crippen molar-refractivity contribution < 1.29 is 8.83 Å². The topological polar surface area (TPSA) is 26.3 Å². The molecule has 0 N–H and O–H groups in total. The highest BCUT2D eigenvalue weighted by molar-refractivity contribution is 6.22. The number of fused-ring (bicyclic) bond motifs is 10. The van der Waals surface area contributed by atoms with E-state index in [0.717, 1.165) is 54.8 Å². The molecule has 12 rings (SSSR count). The largest absolute Gasteiger partial charge is 0.456 e. The zero-order valence-corrected chi connectivity index (χ0v) is 30.3. The van der Waals surface area contributed by atoms with Gasteiger partial charge in [-0.05, 0) is 102 Å². The summed E-state index contributed by atoms with van der Waals surface area (Å²) in [6, 6.07) is 69.8. The van der Waals surface area contributed by atoms with Crippen LogP contribution in [0.2, 0.25) is 0 Å². The third kappa shape index (κ3) is 4.57. The number of hydrogen-bond acceptors (Lipinski definition) is 2. The Bertz CT molecular complexity index is 3470. The van der Waals surface area contributed by atoms with Crippen LogP contribution in [0.25, 0.3) is 121 Å². The highest BCUT2D eigenvalue weighted by atomic mass is 16.3. The first kappa shape index (κ1) is 31.0. The zero-order valence-electron chi connectivity index (χ0n) is 30.3. The Morgan fingerprint density at radius 3 is 1.48 bits per heavy atom. The molecule has 0 aliphatic rings. The maximum Gasteiger partial charge on any atom is 0.143 e. The lowest BCUT2D eigenvalue weighted by atomic mass is 9.85. The molecule has 0 bridgehead atoms. The van der Waals surface area contributed by atoms with Crippen LogP contribution in [-0.2, 0) is 0 Å². The Balaban J connectivity index is 1.02. The van der Waals surface area contributed by atoms with Crippen molar-refractivity contribution in [2.45, 2.75) is 0 Å².